The van der Waals surface area contributed by atoms with Gasteiger partial charge in [0, 0.05) is 13.1 Å². The highest BCUT2D eigenvalue weighted by Crippen LogP contribution is 2.17. The second-order valence-corrected chi connectivity index (χ2v) is 9.62. The highest BCUT2D eigenvalue weighted by molar-refractivity contribution is 5.89. The molecule has 1 unspecified atom stereocenters. The molecule has 1 aliphatic heterocycles. The maximum absolute atomic E-state index is 13.0. The van der Waals surface area contributed by atoms with Crippen LogP contribution in [0.25, 0.3) is 10.8 Å². The van der Waals surface area contributed by atoms with Crippen LogP contribution in [0.5, 0.6) is 0 Å². The van der Waals surface area contributed by atoms with Gasteiger partial charge in [0.25, 0.3) is 0 Å². The molecule has 0 spiro atoms. The quantitative estimate of drug-likeness (QED) is 0.500. The molecule has 3 aromatic carbocycles. The summed E-state index contributed by atoms with van der Waals surface area (Å²) in [5.74, 6) is -0.295. The van der Waals surface area contributed by atoms with Crippen molar-refractivity contribution in [1.82, 2.24) is 15.5 Å². The van der Waals surface area contributed by atoms with E-state index >= 15 is 0 Å². The van der Waals surface area contributed by atoms with Gasteiger partial charge in [0.1, 0.15) is 6.04 Å². The van der Waals surface area contributed by atoms with Gasteiger partial charge in [0.2, 0.25) is 11.8 Å². The molecule has 1 saturated heterocycles. The van der Waals surface area contributed by atoms with Crippen LogP contribution in [-0.2, 0) is 29.1 Å². The van der Waals surface area contributed by atoms with Gasteiger partial charge in [-0.1, -0.05) is 80.6 Å². The Balaban J connectivity index is 1.35. The van der Waals surface area contributed by atoms with E-state index in [4.69, 9.17) is 0 Å². The molecule has 1 atom stereocenters. The first-order valence-corrected chi connectivity index (χ1v) is 12.3. The second kappa shape index (κ2) is 11.3. The minimum Gasteiger partial charge on any atom is -0.350 e. The van der Waals surface area contributed by atoms with Crippen LogP contribution in [0.4, 0.5) is 0 Å². The van der Waals surface area contributed by atoms with E-state index in [9.17, 15) is 9.59 Å². The lowest BCUT2D eigenvalue weighted by molar-refractivity contribution is -0.129. The van der Waals surface area contributed by atoms with E-state index in [-0.39, 0.29) is 24.2 Å². The molecular weight excluding hydrogens is 422 g/mol. The molecule has 2 N–H and O–H groups in total. The molecule has 2 amide bonds. The Labute approximate surface area is 202 Å². The maximum atomic E-state index is 13.0. The molecule has 0 saturated carbocycles. The third-order valence-electron chi connectivity index (χ3n) is 6.61. The van der Waals surface area contributed by atoms with Gasteiger partial charge >= 0.3 is 0 Å². The summed E-state index contributed by atoms with van der Waals surface area (Å²) < 4.78 is 0. The van der Waals surface area contributed by atoms with E-state index in [1.165, 1.54) is 18.4 Å². The first kappa shape index (κ1) is 24.0. The van der Waals surface area contributed by atoms with E-state index in [2.05, 4.69) is 39.8 Å². The molecule has 0 bridgehead atoms. The summed E-state index contributed by atoms with van der Waals surface area (Å²) in [6, 6.07) is 21.9. The van der Waals surface area contributed by atoms with Gasteiger partial charge in [-0.05, 0) is 59.3 Å². The first-order chi connectivity index (χ1) is 16.5. The van der Waals surface area contributed by atoms with Crippen molar-refractivity contribution in [2.45, 2.75) is 52.2 Å². The van der Waals surface area contributed by atoms with E-state index in [1.807, 2.05) is 56.3 Å². The molecule has 178 valence electrons. The van der Waals surface area contributed by atoms with E-state index in [1.54, 1.807) is 0 Å². The van der Waals surface area contributed by atoms with Crippen molar-refractivity contribution in [2.24, 2.45) is 5.92 Å². The summed E-state index contributed by atoms with van der Waals surface area (Å²) >= 11 is 0. The normalized spacial score (nSPS) is 14.9. The lowest BCUT2D eigenvalue weighted by Crippen LogP contribution is -2.50. The molecule has 0 aromatic heterocycles. The number of fused-ring (bicyclic) bond motifs is 1. The number of hydrogen-bond acceptors (Lipinski definition) is 3. The standard InChI is InChI=1S/C29H35N3O2/c1-21(2)28(31-27(33)18-22-13-14-23-9-3-4-10-24(23)17-22)29(34)30-19-25-11-5-6-12-26(25)20-32-15-7-8-16-32/h3-6,9-14,17,21,28H,7-8,15-16,18-20H2,1-2H3,(H,30,34)(H,31,33). The van der Waals surface area contributed by atoms with Crippen LogP contribution in [0.3, 0.4) is 0 Å². The monoisotopic (exact) mass is 457 g/mol. The number of amides is 2. The molecule has 1 heterocycles. The number of nitrogens with zero attached hydrogens (tertiary/aromatic N) is 1. The van der Waals surface area contributed by atoms with Gasteiger partial charge in [-0.25, -0.2) is 0 Å². The highest BCUT2D eigenvalue weighted by atomic mass is 16.2. The van der Waals surface area contributed by atoms with Crippen molar-refractivity contribution in [1.29, 1.82) is 0 Å². The Bertz CT molecular complexity index is 1130. The van der Waals surface area contributed by atoms with E-state index in [0.29, 0.717) is 6.54 Å². The zero-order valence-electron chi connectivity index (χ0n) is 20.2. The number of rotatable bonds is 9. The molecule has 1 fully saturated rings. The summed E-state index contributed by atoms with van der Waals surface area (Å²) in [5, 5.41) is 8.29. The van der Waals surface area contributed by atoms with E-state index in [0.717, 1.165) is 41.5 Å². The number of nitrogens with one attached hydrogen (secondary N) is 2. The van der Waals surface area contributed by atoms with Gasteiger partial charge in [0.05, 0.1) is 6.42 Å². The Morgan fingerprint density at radius 3 is 2.29 bits per heavy atom. The number of likely N-dealkylation sites (tertiary alicyclic amines) is 1. The fraction of sp³-hybridized carbons (Fsp3) is 0.379. The Morgan fingerprint density at radius 1 is 0.882 bits per heavy atom. The molecular formula is C29H35N3O2. The molecule has 0 aliphatic carbocycles. The molecule has 4 rings (SSSR count). The number of carbonyl (C=O) groups is 2. The molecule has 1 aliphatic rings. The molecule has 5 heteroatoms. The lowest BCUT2D eigenvalue weighted by atomic mass is 10.0. The smallest absolute Gasteiger partial charge is 0.243 e. The maximum Gasteiger partial charge on any atom is 0.243 e. The first-order valence-electron chi connectivity index (χ1n) is 12.3. The Hall–Kier alpha value is -3.18. The summed E-state index contributed by atoms with van der Waals surface area (Å²) in [7, 11) is 0. The van der Waals surface area contributed by atoms with Gasteiger partial charge < -0.3 is 10.6 Å². The summed E-state index contributed by atoms with van der Waals surface area (Å²) in [6.45, 7) is 7.58. The van der Waals surface area contributed by atoms with Crippen LogP contribution in [-0.4, -0.2) is 35.8 Å². The minimum atomic E-state index is -0.571. The van der Waals surface area contributed by atoms with Crippen LogP contribution in [0.2, 0.25) is 0 Å². The average molecular weight is 458 g/mol. The molecule has 5 nitrogen and oxygen atoms in total. The van der Waals surface area contributed by atoms with Crippen molar-refractivity contribution < 1.29 is 9.59 Å². The third kappa shape index (κ3) is 6.23. The van der Waals surface area contributed by atoms with Crippen molar-refractivity contribution in [2.75, 3.05) is 13.1 Å². The SMILES string of the molecule is CC(C)C(NC(=O)Cc1ccc2ccccc2c1)C(=O)NCc1ccccc1CN1CCCC1. The fourth-order valence-electron chi connectivity index (χ4n) is 4.65. The summed E-state index contributed by atoms with van der Waals surface area (Å²) in [4.78, 5) is 28.3. The second-order valence-electron chi connectivity index (χ2n) is 9.62. The topological polar surface area (TPSA) is 61.4 Å². The van der Waals surface area contributed by atoms with Gasteiger partial charge in [-0.3, -0.25) is 14.5 Å². The predicted octanol–water partition coefficient (Wildman–Crippen LogP) is 4.44. The van der Waals surface area contributed by atoms with Crippen LogP contribution in [0, 0.1) is 5.92 Å². The highest BCUT2D eigenvalue weighted by Gasteiger charge is 2.24. The zero-order chi connectivity index (χ0) is 23.9. The number of hydrogen-bond donors (Lipinski definition) is 2. The number of benzene rings is 3. The van der Waals surface area contributed by atoms with Gasteiger partial charge in [-0.15, -0.1) is 0 Å². The molecule has 34 heavy (non-hydrogen) atoms. The van der Waals surface area contributed by atoms with Crippen LogP contribution in [0.1, 0.15) is 43.4 Å². The van der Waals surface area contributed by atoms with Crippen molar-refractivity contribution in [3.05, 3.63) is 83.4 Å². The Kier molecular flexibility index (Phi) is 7.96. The zero-order valence-corrected chi connectivity index (χ0v) is 20.2. The third-order valence-corrected chi connectivity index (χ3v) is 6.61. The minimum absolute atomic E-state index is 0.0135. The van der Waals surface area contributed by atoms with E-state index < -0.39 is 6.04 Å². The lowest BCUT2D eigenvalue weighted by Gasteiger charge is -2.23. The Morgan fingerprint density at radius 2 is 1.56 bits per heavy atom. The average Bonchev–Trinajstić information content (AvgIpc) is 3.34. The van der Waals surface area contributed by atoms with Crippen molar-refractivity contribution in [3.8, 4) is 0 Å². The van der Waals surface area contributed by atoms with Crippen molar-refractivity contribution in [3.63, 3.8) is 0 Å². The largest absolute Gasteiger partial charge is 0.350 e. The van der Waals surface area contributed by atoms with Crippen LogP contribution in [0.15, 0.2) is 66.7 Å². The molecule has 3 aromatic rings. The summed E-state index contributed by atoms with van der Waals surface area (Å²) in [6.07, 6.45) is 2.77. The predicted molar refractivity (Wildman–Crippen MR) is 137 cm³/mol. The van der Waals surface area contributed by atoms with Crippen molar-refractivity contribution >= 4 is 22.6 Å². The number of carbonyl (C=O) groups excluding carboxylic acids is 2. The fourth-order valence-corrected chi connectivity index (χ4v) is 4.65. The summed E-state index contributed by atoms with van der Waals surface area (Å²) in [5.41, 5.74) is 3.33. The molecule has 0 radical (unpaired) electrons. The van der Waals surface area contributed by atoms with Crippen LogP contribution >= 0.6 is 0 Å². The van der Waals surface area contributed by atoms with Gasteiger partial charge in [0.15, 0.2) is 0 Å². The van der Waals surface area contributed by atoms with Crippen LogP contribution < -0.4 is 10.6 Å². The van der Waals surface area contributed by atoms with Gasteiger partial charge in [-0.2, -0.15) is 0 Å².